The first kappa shape index (κ1) is 20.6. The number of hydrogen-bond donors (Lipinski definition) is 1. The number of hydrogen-bond acceptors (Lipinski definition) is 4. The van der Waals surface area contributed by atoms with E-state index in [1.807, 2.05) is 19.1 Å². The molecule has 8 nitrogen and oxygen atoms in total. The molecular weight excluding hydrogens is 394 g/mol. The molecule has 1 aromatic carbocycles. The van der Waals surface area contributed by atoms with Gasteiger partial charge in [-0.25, -0.2) is 9.78 Å². The van der Waals surface area contributed by atoms with Crippen molar-refractivity contribution in [1.82, 2.24) is 24.0 Å². The molecule has 2 heterocycles. The number of fused-ring (bicyclic) bond motifs is 1. The van der Waals surface area contributed by atoms with E-state index in [0.717, 1.165) is 15.7 Å². The Kier molecular flexibility index (Phi) is 5.00. The molecular formula is C23H25N5O3. The van der Waals surface area contributed by atoms with E-state index in [4.69, 9.17) is 0 Å². The van der Waals surface area contributed by atoms with Gasteiger partial charge in [0.1, 0.15) is 6.54 Å². The Bertz CT molecular complexity index is 1350. The first-order chi connectivity index (χ1) is 14.7. The van der Waals surface area contributed by atoms with Gasteiger partial charge >= 0.3 is 5.69 Å². The number of imidazole rings is 1. The highest BCUT2D eigenvalue weighted by atomic mass is 16.2. The third kappa shape index (κ3) is 3.76. The number of amides is 1. The van der Waals surface area contributed by atoms with E-state index in [1.54, 1.807) is 7.05 Å². The van der Waals surface area contributed by atoms with Crippen molar-refractivity contribution >= 4 is 22.6 Å². The molecule has 1 aliphatic rings. The fourth-order valence-electron chi connectivity index (χ4n) is 3.81. The minimum Gasteiger partial charge on any atom is -0.346 e. The summed E-state index contributed by atoms with van der Waals surface area (Å²) in [7, 11) is 2.96. The maximum Gasteiger partial charge on any atom is 0.332 e. The van der Waals surface area contributed by atoms with Gasteiger partial charge in [0, 0.05) is 14.1 Å². The van der Waals surface area contributed by atoms with E-state index in [0.29, 0.717) is 6.42 Å². The molecule has 160 valence electrons. The van der Waals surface area contributed by atoms with Gasteiger partial charge in [-0.05, 0) is 31.4 Å². The molecule has 1 atom stereocenters. The Morgan fingerprint density at radius 3 is 2.52 bits per heavy atom. The SMILES string of the molecule is Cc1ccc(C2=CCC(C)(NC(=O)Cn3cnc4c3c(=O)n(C)c(=O)n4C)C=C2)cc1. The molecule has 1 N–H and O–H groups in total. The molecule has 1 unspecified atom stereocenters. The molecule has 1 amide bonds. The summed E-state index contributed by atoms with van der Waals surface area (Å²) >= 11 is 0. The van der Waals surface area contributed by atoms with E-state index in [2.05, 4.69) is 47.6 Å². The Labute approximate surface area is 179 Å². The summed E-state index contributed by atoms with van der Waals surface area (Å²) in [4.78, 5) is 41.5. The fourth-order valence-corrected chi connectivity index (χ4v) is 3.81. The standard InChI is InChI=1S/C23H25N5O3/c1-15-5-7-16(8-6-15)17-9-11-23(2,12-10-17)25-18(29)13-28-14-24-20-19(28)21(30)27(4)22(31)26(20)3/h5-11,14H,12-13H2,1-4H3,(H,25,29). The monoisotopic (exact) mass is 419 g/mol. The average Bonchev–Trinajstić information content (AvgIpc) is 3.15. The van der Waals surface area contributed by atoms with Crippen LogP contribution >= 0.6 is 0 Å². The second-order valence-electron chi connectivity index (χ2n) is 8.28. The number of allylic oxidation sites excluding steroid dienone is 2. The van der Waals surface area contributed by atoms with Crippen molar-refractivity contribution in [3.8, 4) is 0 Å². The lowest BCUT2D eigenvalue weighted by Gasteiger charge is -2.29. The van der Waals surface area contributed by atoms with Crippen LogP contribution in [-0.4, -0.2) is 30.1 Å². The summed E-state index contributed by atoms with van der Waals surface area (Å²) in [5.41, 5.74) is 2.50. The molecule has 4 rings (SSSR count). The van der Waals surface area contributed by atoms with E-state index < -0.39 is 16.8 Å². The molecule has 0 spiro atoms. The normalized spacial score (nSPS) is 18.3. The first-order valence-electron chi connectivity index (χ1n) is 10.1. The van der Waals surface area contributed by atoms with Crippen molar-refractivity contribution in [3.63, 3.8) is 0 Å². The van der Waals surface area contributed by atoms with Crippen molar-refractivity contribution in [2.75, 3.05) is 0 Å². The van der Waals surface area contributed by atoms with Crippen molar-refractivity contribution in [2.45, 2.75) is 32.4 Å². The number of aryl methyl sites for hydroxylation is 2. The van der Waals surface area contributed by atoms with E-state index >= 15 is 0 Å². The largest absolute Gasteiger partial charge is 0.346 e. The number of nitrogens with one attached hydrogen (secondary N) is 1. The zero-order valence-electron chi connectivity index (χ0n) is 18.0. The maximum absolute atomic E-state index is 12.8. The maximum atomic E-state index is 12.8. The van der Waals surface area contributed by atoms with Gasteiger partial charge in [-0.2, -0.15) is 0 Å². The van der Waals surface area contributed by atoms with Crippen LogP contribution in [-0.2, 0) is 25.4 Å². The van der Waals surface area contributed by atoms with E-state index in [-0.39, 0.29) is 23.6 Å². The summed E-state index contributed by atoms with van der Waals surface area (Å²) in [6.07, 6.45) is 8.20. The average molecular weight is 419 g/mol. The van der Waals surface area contributed by atoms with Crippen LogP contribution in [0.5, 0.6) is 0 Å². The van der Waals surface area contributed by atoms with Crippen LogP contribution in [0.2, 0.25) is 0 Å². The van der Waals surface area contributed by atoms with Gasteiger partial charge < -0.3 is 9.88 Å². The topological polar surface area (TPSA) is 90.9 Å². The summed E-state index contributed by atoms with van der Waals surface area (Å²) < 4.78 is 3.80. The van der Waals surface area contributed by atoms with Crippen molar-refractivity contribution in [1.29, 1.82) is 0 Å². The summed E-state index contributed by atoms with van der Waals surface area (Å²) in [6, 6.07) is 8.33. The van der Waals surface area contributed by atoms with Crippen LogP contribution in [0.4, 0.5) is 0 Å². The molecule has 0 saturated carbocycles. The molecule has 0 saturated heterocycles. The first-order valence-corrected chi connectivity index (χ1v) is 10.1. The lowest BCUT2D eigenvalue weighted by molar-refractivity contribution is -0.122. The van der Waals surface area contributed by atoms with E-state index in [1.165, 1.54) is 28.1 Å². The zero-order chi connectivity index (χ0) is 22.3. The van der Waals surface area contributed by atoms with Crippen LogP contribution in [0, 0.1) is 6.92 Å². The third-order valence-electron chi connectivity index (χ3n) is 5.72. The molecule has 0 aliphatic heterocycles. The minimum atomic E-state index is -0.528. The zero-order valence-corrected chi connectivity index (χ0v) is 18.0. The Morgan fingerprint density at radius 2 is 1.87 bits per heavy atom. The molecule has 31 heavy (non-hydrogen) atoms. The summed E-state index contributed by atoms with van der Waals surface area (Å²) in [5, 5.41) is 3.04. The van der Waals surface area contributed by atoms with Crippen molar-refractivity contribution in [2.24, 2.45) is 14.1 Å². The van der Waals surface area contributed by atoms with Gasteiger partial charge in [-0.15, -0.1) is 0 Å². The number of aromatic nitrogens is 4. The van der Waals surface area contributed by atoms with Gasteiger partial charge in [0.25, 0.3) is 5.56 Å². The summed E-state index contributed by atoms with van der Waals surface area (Å²) in [6.45, 7) is 3.95. The smallest absolute Gasteiger partial charge is 0.332 e. The highest BCUT2D eigenvalue weighted by Crippen LogP contribution is 2.27. The number of rotatable bonds is 4. The predicted molar refractivity (Wildman–Crippen MR) is 120 cm³/mol. The lowest BCUT2D eigenvalue weighted by atomic mass is 9.88. The molecule has 0 bridgehead atoms. The third-order valence-corrected chi connectivity index (χ3v) is 5.72. The Hall–Kier alpha value is -3.68. The van der Waals surface area contributed by atoms with Crippen molar-refractivity contribution < 1.29 is 4.79 Å². The number of carbonyl (C=O) groups is 1. The van der Waals surface area contributed by atoms with Crippen LogP contribution in [0.1, 0.15) is 24.5 Å². The molecule has 8 heteroatoms. The fraction of sp³-hybridized carbons (Fsp3) is 0.304. The van der Waals surface area contributed by atoms with Gasteiger partial charge in [0.2, 0.25) is 5.91 Å². The highest BCUT2D eigenvalue weighted by Gasteiger charge is 2.25. The van der Waals surface area contributed by atoms with Crippen LogP contribution < -0.4 is 16.6 Å². The van der Waals surface area contributed by atoms with Gasteiger partial charge in [0.05, 0.1) is 11.9 Å². The number of nitrogens with zero attached hydrogens (tertiary/aromatic N) is 4. The second kappa shape index (κ2) is 7.54. The van der Waals surface area contributed by atoms with Crippen LogP contribution in [0.25, 0.3) is 16.7 Å². The Balaban J connectivity index is 1.51. The summed E-state index contributed by atoms with van der Waals surface area (Å²) in [5.74, 6) is -0.241. The number of benzene rings is 1. The Morgan fingerprint density at radius 1 is 1.16 bits per heavy atom. The second-order valence-corrected chi connectivity index (χ2v) is 8.28. The quantitative estimate of drug-likeness (QED) is 0.696. The van der Waals surface area contributed by atoms with Crippen LogP contribution in [0.15, 0.2) is 58.4 Å². The lowest BCUT2D eigenvalue weighted by Crippen LogP contribution is -2.46. The van der Waals surface area contributed by atoms with Gasteiger partial charge in [0.15, 0.2) is 11.2 Å². The molecule has 0 radical (unpaired) electrons. The van der Waals surface area contributed by atoms with Crippen molar-refractivity contribution in [3.05, 3.63) is 80.8 Å². The minimum absolute atomic E-state index is 0.0676. The number of carbonyl (C=O) groups excluding carboxylic acids is 1. The van der Waals surface area contributed by atoms with Crippen LogP contribution in [0.3, 0.4) is 0 Å². The van der Waals surface area contributed by atoms with E-state index in [9.17, 15) is 14.4 Å². The molecule has 2 aromatic heterocycles. The molecule has 0 fully saturated rings. The highest BCUT2D eigenvalue weighted by molar-refractivity contribution is 5.81. The van der Waals surface area contributed by atoms with Gasteiger partial charge in [-0.3, -0.25) is 18.7 Å². The molecule has 1 aliphatic carbocycles. The predicted octanol–water partition coefficient (Wildman–Crippen LogP) is 1.66. The molecule has 3 aromatic rings. The van der Waals surface area contributed by atoms with Gasteiger partial charge in [-0.1, -0.05) is 48.1 Å².